The summed E-state index contributed by atoms with van der Waals surface area (Å²) < 4.78 is 10.6. The molecule has 0 radical (unpaired) electrons. The second-order valence-electron chi connectivity index (χ2n) is 5.52. The van der Waals surface area contributed by atoms with Gasteiger partial charge in [0.1, 0.15) is 10.8 Å². The highest BCUT2D eigenvalue weighted by Crippen LogP contribution is 2.36. The van der Waals surface area contributed by atoms with Crippen molar-refractivity contribution in [3.05, 3.63) is 41.8 Å². The van der Waals surface area contributed by atoms with Gasteiger partial charge in [-0.2, -0.15) is 0 Å². The van der Waals surface area contributed by atoms with E-state index in [1.807, 2.05) is 23.6 Å². The number of hydrogen-bond acceptors (Lipinski definition) is 6. The summed E-state index contributed by atoms with van der Waals surface area (Å²) in [5.74, 6) is 1.06. The Bertz CT molecular complexity index is 952. The third-order valence-corrected chi connectivity index (χ3v) is 4.63. The van der Waals surface area contributed by atoms with Crippen LogP contribution in [0.25, 0.3) is 21.8 Å². The molecule has 0 aliphatic heterocycles. The minimum absolute atomic E-state index is 0.0132. The number of phenolic OH excluding ortho intramolecular Hbond substituents is 1. The predicted molar refractivity (Wildman–Crippen MR) is 102 cm³/mol. The maximum Gasteiger partial charge on any atom is 0.221 e. The highest BCUT2D eigenvalue weighted by molar-refractivity contribution is 7.13. The lowest BCUT2D eigenvalue weighted by Crippen LogP contribution is -2.05. The van der Waals surface area contributed by atoms with Gasteiger partial charge in [0, 0.05) is 23.4 Å². The van der Waals surface area contributed by atoms with Crippen LogP contribution in [-0.2, 0) is 4.79 Å². The van der Waals surface area contributed by atoms with E-state index in [4.69, 9.17) is 9.47 Å². The van der Waals surface area contributed by atoms with Crippen molar-refractivity contribution in [3.8, 4) is 39.1 Å². The van der Waals surface area contributed by atoms with Gasteiger partial charge in [-0.1, -0.05) is 0 Å². The van der Waals surface area contributed by atoms with Gasteiger partial charge in [0.15, 0.2) is 11.5 Å². The molecule has 0 aliphatic rings. The molecule has 7 heteroatoms. The standard InChI is InChI=1S/C19H18N2O4S/c1-11(22)20-14-8-12(4-6-16(14)23)15-10-26-19(21-15)13-5-7-17(24-2)18(9-13)25-3/h4-10,23H,1-3H3,(H,20,22). The number of rotatable bonds is 5. The van der Waals surface area contributed by atoms with Crippen molar-refractivity contribution in [2.24, 2.45) is 0 Å². The highest BCUT2D eigenvalue weighted by atomic mass is 32.1. The van der Waals surface area contributed by atoms with Gasteiger partial charge < -0.3 is 19.9 Å². The Morgan fingerprint density at radius 3 is 2.50 bits per heavy atom. The Hall–Kier alpha value is -3.06. The van der Waals surface area contributed by atoms with Crippen LogP contribution in [0.4, 0.5) is 5.69 Å². The summed E-state index contributed by atoms with van der Waals surface area (Å²) in [6.45, 7) is 1.39. The number of benzene rings is 2. The zero-order chi connectivity index (χ0) is 18.7. The van der Waals surface area contributed by atoms with Gasteiger partial charge in [-0.25, -0.2) is 4.98 Å². The molecule has 2 N–H and O–H groups in total. The van der Waals surface area contributed by atoms with Gasteiger partial charge in [-0.3, -0.25) is 4.79 Å². The number of aromatic nitrogens is 1. The fourth-order valence-electron chi connectivity index (χ4n) is 2.49. The van der Waals surface area contributed by atoms with Crippen molar-refractivity contribution in [1.29, 1.82) is 0 Å². The molecule has 26 heavy (non-hydrogen) atoms. The van der Waals surface area contributed by atoms with E-state index in [1.54, 1.807) is 26.4 Å². The van der Waals surface area contributed by atoms with Crippen LogP contribution in [0.5, 0.6) is 17.2 Å². The maximum absolute atomic E-state index is 11.3. The van der Waals surface area contributed by atoms with E-state index in [0.29, 0.717) is 17.2 Å². The van der Waals surface area contributed by atoms with Gasteiger partial charge in [-0.05, 0) is 36.4 Å². The number of carbonyl (C=O) groups excluding carboxylic acids is 1. The molecule has 1 heterocycles. The molecule has 0 fully saturated rings. The van der Waals surface area contributed by atoms with Crippen molar-refractivity contribution in [3.63, 3.8) is 0 Å². The summed E-state index contributed by atoms with van der Waals surface area (Å²) >= 11 is 1.50. The van der Waals surface area contributed by atoms with Crippen molar-refractivity contribution >= 4 is 22.9 Å². The number of anilines is 1. The first-order chi connectivity index (χ1) is 12.5. The van der Waals surface area contributed by atoms with Gasteiger partial charge in [0.2, 0.25) is 5.91 Å². The van der Waals surface area contributed by atoms with Crippen LogP contribution in [0, 0.1) is 0 Å². The molecule has 0 unspecified atom stereocenters. The molecule has 3 rings (SSSR count). The summed E-state index contributed by atoms with van der Waals surface area (Å²) in [7, 11) is 3.19. The van der Waals surface area contributed by atoms with E-state index in [2.05, 4.69) is 10.3 Å². The highest BCUT2D eigenvalue weighted by Gasteiger charge is 2.12. The summed E-state index contributed by atoms with van der Waals surface area (Å²) in [4.78, 5) is 15.9. The third kappa shape index (κ3) is 3.62. The number of nitrogens with zero attached hydrogens (tertiary/aromatic N) is 1. The normalized spacial score (nSPS) is 10.4. The summed E-state index contributed by atoms with van der Waals surface area (Å²) in [5, 5.41) is 15.2. The van der Waals surface area contributed by atoms with Crippen molar-refractivity contribution in [1.82, 2.24) is 4.98 Å². The molecule has 0 spiro atoms. The quantitative estimate of drug-likeness (QED) is 0.659. The Labute approximate surface area is 155 Å². The Morgan fingerprint density at radius 1 is 1.08 bits per heavy atom. The third-order valence-electron chi connectivity index (χ3n) is 3.74. The molecular formula is C19H18N2O4S. The molecule has 0 saturated heterocycles. The van der Waals surface area contributed by atoms with E-state index in [-0.39, 0.29) is 11.7 Å². The van der Waals surface area contributed by atoms with Gasteiger partial charge in [-0.15, -0.1) is 11.3 Å². The number of hydrogen-bond donors (Lipinski definition) is 2. The lowest BCUT2D eigenvalue weighted by molar-refractivity contribution is -0.114. The van der Waals surface area contributed by atoms with Crippen LogP contribution in [0.15, 0.2) is 41.8 Å². The molecule has 3 aromatic rings. The second-order valence-corrected chi connectivity index (χ2v) is 6.38. The average Bonchev–Trinajstić information content (AvgIpc) is 3.12. The van der Waals surface area contributed by atoms with Crippen molar-refractivity contribution in [2.75, 3.05) is 19.5 Å². The van der Waals surface area contributed by atoms with Crippen molar-refractivity contribution < 1.29 is 19.4 Å². The molecule has 0 saturated carbocycles. The average molecular weight is 370 g/mol. The Balaban J connectivity index is 1.94. The number of carbonyl (C=O) groups is 1. The minimum atomic E-state index is -0.248. The monoisotopic (exact) mass is 370 g/mol. The first-order valence-electron chi connectivity index (χ1n) is 7.80. The van der Waals surface area contributed by atoms with E-state index in [9.17, 15) is 9.90 Å². The van der Waals surface area contributed by atoms with E-state index >= 15 is 0 Å². The minimum Gasteiger partial charge on any atom is -0.506 e. The Morgan fingerprint density at radius 2 is 1.81 bits per heavy atom. The largest absolute Gasteiger partial charge is 0.506 e. The van der Waals surface area contributed by atoms with E-state index in [1.165, 1.54) is 24.3 Å². The number of ether oxygens (including phenoxy) is 2. The zero-order valence-electron chi connectivity index (χ0n) is 14.6. The molecule has 1 aromatic heterocycles. The second kappa shape index (κ2) is 7.45. The summed E-state index contributed by atoms with van der Waals surface area (Å²) in [5.41, 5.74) is 2.83. The van der Waals surface area contributed by atoms with Gasteiger partial charge in [0.25, 0.3) is 0 Å². The molecule has 1 amide bonds. The fraction of sp³-hybridized carbons (Fsp3) is 0.158. The van der Waals surface area contributed by atoms with Crippen LogP contribution in [-0.4, -0.2) is 30.2 Å². The first-order valence-corrected chi connectivity index (χ1v) is 8.68. The molecule has 0 bridgehead atoms. The SMILES string of the molecule is COc1ccc(-c2nc(-c3ccc(O)c(NC(C)=O)c3)cs2)cc1OC. The van der Waals surface area contributed by atoms with Crippen LogP contribution in [0.3, 0.4) is 0 Å². The first kappa shape index (κ1) is 17.8. The molecular weight excluding hydrogens is 352 g/mol. The van der Waals surface area contributed by atoms with E-state index < -0.39 is 0 Å². The van der Waals surface area contributed by atoms with Gasteiger partial charge >= 0.3 is 0 Å². The predicted octanol–water partition coefficient (Wildman–Crippen LogP) is 4.16. The van der Waals surface area contributed by atoms with E-state index in [0.717, 1.165) is 21.8 Å². The van der Waals surface area contributed by atoms with Crippen LogP contribution in [0.1, 0.15) is 6.92 Å². The lowest BCUT2D eigenvalue weighted by Gasteiger charge is -2.08. The number of methoxy groups -OCH3 is 2. The maximum atomic E-state index is 11.3. The lowest BCUT2D eigenvalue weighted by atomic mass is 10.1. The number of phenols is 1. The van der Waals surface area contributed by atoms with Crippen LogP contribution < -0.4 is 14.8 Å². The zero-order valence-corrected chi connectivity index (χ0v) is 15.4. The summed E-state index contributed by atoms with van der Waals surface area (Å²) in [6, 6.07) is 10.6. The molecule has 6 nitrogen and oxygen atoms in total. The topological polar surface area (TPSA) is 80.7 Å². The number of thiazole rings is 1. The number of amides is 1. The molecule has 0 atom stereocenters. The fourth-order valence-corrected chi connectivity index (χ4v) is 3.32. The Kier molecular flexibility index (Phi) is 5.09. The number of aromatic hydroxyl groups is 1. The van der Waals surface area contributed by atoms with Crippen LogP contribution in [0.2, 0.25) is 0 Å². The van der Waals surface area contributed by atoms with Gasteiger partial charge in [0.05, 0.1) is 25.6 Å². The molecule has 2 aromatic carbocycles. The molecule has 0 aliphatic carbocycles. The number of nitrogens with one attached hydrogen (secondary N) is 1. The summed E-state index contributed by atoms with van der Waals surface area (Å²) in [6.07, 6.45) is 0. The smallest absolute Gasteiger partial charge is 0.221 e. The molecule has 134 valence electrons. The van der Waals surface area contributed by atoms with Crippen LogP contribution >= 0.6 is 11.3 Å². The van der Waals surface area contributed by atoms with Crippen molar-refractivity contribution in [2.45, 2.75) is 6.92 Å².